The van der Waals surface area contributed by atoms with E-state index < -0.39 is 0 Å². The quantitative estimate of drug-likeness (QED) is 0.797. The Morgan fingerprint density at radius 3 is 2.75 bits per heavy atom. The summed E-state index contributed by atoms with van der Waals surface area (Å²) in [4.78, 5) is 0. The molecule has 2 heteroatoms. The summed E-state index contributed by atoms with van der Waals surface area (Å²) in [7, 11) is 0. The van der Waals surface area contributed by atoms with Gasteiger partial charge in [0.05, 0.1) is 6.10 Å². The van der Waals surface area contributed by atoms with Crippen LogP contribution in [0.2, 0.25) is 0 Å². The molecular formula is C14H27NO. The lowest BCUT2D eigenvalue weighted by molar-refractivity contribution is 0.0133. The van der Waals surface area contributed by atoms with Crippen molar-refractivity contribution in [3.05, 3.63) is 0 Å². The molecule has 94 valence electrons. The molecule has 2 nitrogen and oxygen atoms in total. The van der Waals surface area contributed by atoms with Crippen molar-refractivity contribution in [3.63, 3.8) is 0 Å². The Labute approximate surface area is 100 Å². The molecule has 0 aromatic heterocycles. The van der Waals surface area contributed by atoms with E-state index >= 15 is 0 Å². The van der Waals surface area contributed by atoms with Gasteiger partial charge in [0.25, 0.3) is 0 Å². The van der Waals surface area contributed by atoms with Crippen LogP contribution >= 0.6 is 0 Å². The largest absolute Gasteiger partial charge is 0.377 e. The van der Waals surface area contributed by atoms with Gasteiger partial charge in [-0.1, -0.05) is 20.3 Å². The van der Waals surface area contributed by atoms with Crippen molar-refractivity contribution in [1.82, 2.24) is 5.32 Å². The summed E-state index contributed by atoms with van der Waals surface area (Å²) in [5, 5.41) is 3.72. The second-order valence-electron chi connectivity index (χ2n) is 6.35. The Balaban J connectivity index is 1.68. The van der Waals surface area contributed by atoms with Gasteiger partial charge in [-0.2, -0.15) is 0 Å². The van der Waals surface area contributed by atoms with Crippen molar-refractivity contribution in [2.24, 2.45) is 5.41 Å². The number of hydrogen-bond acceptors (Lipinski definition) is 2. The number of ether oxygens (including phenoxy) is 1. The average molecular weight is 225 g/mol. The highest BCUT2D eigenvalue weighted by molar-refractivity contribution is 4.84. The highest BCUT2D eigenvalue weighted by atomic mass is 16.5. The number of hydrogen-bond donors (Lipinski definition) is 1. The van der Waals surface area contributed by atoms with Gasteiger partial charge in [-0.05, 0) is 43.9 Å². The predicted octanol–water partition coefficient (Wildman–Crippen LogP) is 3.11. The van der Waals surface area contributed by atoms with E-state index in [0.29, 0.717) is 11.5 Å². The smallest absolute Gasteiger partial charge is 0.0699 e. The van der Waals surface area contributed by atoms with E-state index in [1.807, 2.05) is 0 Å². The van der Waals surface area contributed by atoms with E-state index in [4.69, 9.17) is 4.74 Å². The van der Waals surface area contributed by atoms with Gasteiger partial charge in [0.15, 0.2) is 0 Å². The maximum atomic E-state index is 5.76. The number of rotatable bonds is 3. The Hall–Kier alpha value is -0.0800. The molecule has 2 unspecified atom stereocenters. The van der Waals surface area contributed by atoms with Crippen molar-refractivity contribution in [3.8, 4) is 0 Å². The van der Waals surface area contributed by atoms with Crippen LogP contribution in [0.4, 0.5) is 0 Å². The third kappa shape index (κ3) is 3.74. The molecule has 1 saturated carbocycles. The number of nitrogens with one attached hydrogen (secondary N) is 1. The van der Waals surface area contributed by atoms with Gasteiger partial charge in [-0.15, -0.1) is 0 Å². The lowest BCUT2D eigenvalue weighted by Crippen LogP contribution is -2.42. The second kappa shape index (κ2) is 5.50. The van der Waals surface area contributed by atoms with E-state index in [2.05, 4.69) is 19.2 Å². The van der Waals surface area contributed by atoms with E-state index in [1.165, 1.54) is 44.9 Å². The molecule has 1 heterocycles. The Morgan fingerprint density at radius 1 is 1.19 bits per heavy atom. The highest BCUT2D eigenvalue weighted by Crippen LogP contribution is 2.35. The summed E-state index contributed by atoms with van der Waals surface area (Å²) >= 11 is 0. The first-order valence-electron chi connectivity index (χ1n) is 7.01. The molecule has 0 amide bonds. The molecule has 1 saturated heterocycles. The van der Waals surface area contributed by atoms with Crippen LogP contribution < -0.4 is 5.32 Å². The van der Waals surface area contributed by atoms with E-state index in [-0.39, 0.29) is 0 Å². The van der Waals surface area contributed by atoms with E-state index in [0.717, 1.165) is 19.2 Å². The van der Waals surface area contributed by atoms with Crippen LogP contribution in [0.25, 0.3) is 0 Å². The zero-order valence-electron chi connectivity index (χ0n) is 10.9. The topological polar surface area (TPSA) is 21.3 Å². The van der Waals surface area contributed by atoms with Crippen LogP contribution in [-0.2, 0) is 4.74 Å². The van der Waals surface area contributed by atoms with Crippen molar-refractivity contribution < 1.29 is 4.74 Å². The van der Waals surface area contributed by atoms with Crippen molar-refractivity contribution in [1.29, 1.82) is 0 Å². The fraction of sp³-hybridized carbons (Fsp3) is 1.00. The van der Waals surface area contributed by atoms with Crippen LogP contribution in [0.5, 0.6) is 0 Å². The van der Waals surface area contributed by atoms with Crippen molar-refractivity contribution >= 4 is 0 Å². The van der Waals surface area contributed by atoms with Crippen molar-refractivity contribution in [2.45, 2.75) is 70.9 Å². The Kier molecular flexibility index (Phi) is 4.26. The summed E-state index contributed by atoms with van der Waals surface area (Å²) in [6, 6.07) is 0.731. The molecule has 1 N–H and O–H groups in total. The third-order valence-electron chi connectivity index (χ3n) is 4.11. The molecule has 0 aromatic rings. The molecule has 0 spiro atoms. The van der Waals surface area contributed by atoms with E-state index in [1.54, 1.807) is 0 Å². The summed E-state index contributed by atoms with van der Waals surface area (Å²) in [6.07, 6.45) is 9.81. The minimum Gasteiger partial charge on any atom is -0.377 e. The summed E-state index contributed by atoms with van der Waals surface area (Å²) in [5.74, 6) is 0. The highest BCUT2D eigenvalue weighted by Gasteiger charge is 2.28. The molecule has 0 radical (unpaired) electrons. The summed E-state index contributed by atoms with van der Waals surface area (Å²) in [5.41, 5.74) is 0.545. The molecule has 16 heavy (non-hydrogen) atoms. The molecule has 0 bridgehead atoms. The lowest BCUT2D eigenvalue weighted by atomic mass is 9.75. The van der Waals surface area contributed by atoms with Crippen LogP contribution in [0.3, 0.4) is 0 Å². The van der Waals surface area contributed by atoms with Crippen LogP contribution in [-0.4, -0.2) is 25.3 Å². The van der Waals surface area contributed by atoms with Gasteiger partial charge in [0.2, 0.25) is 0 Å². The van der Waals surface area contributed by atoms with Crippen LogP contribution in [0.1, 0.15) is 58.8 Å². The molecule has 1 aliphatic heterocycles. The molecule has 0 aromatic carbocycles. The zero-order valence-corrected chi connectivity index (χ0v) is 10.9. The standard InChI is InChI=1S/C14H27NO/c1-14(2)8-5-6-12(10-14)15-11-13-7-3-4-9-16-13/h12-13,15H,3-11H2,1-2H3. The normalized spacial score (nSPS) is 34.9. The monoisotopic (exact) mass is 225 g/mol. The SMILES string of the molecule is CC1(C)CCCC(NCC2CCCCO2)C1. The first kappa shape index (κ1) is 12.4. The molecule has 2 fully saturated rings. The van der Waals surface area contributed by atoms with Gasteiger partial charge < -0.3 is 10.1 Å². The lowest BCUT2D eigenvalue weighted by Gasteiger charge is -2.36. The Morgan fingerprint density at radius 2 is 2.06 bits per heavy atom. The third-order valence-corrected chi connectivity index (χ3v) is 4.11. The predicted molar refractivity (Wildman–Crippen MR) is 67.6 cm³/mol. The molecular weight excluding hydrogens is 198 g/mol. The van der Waals surface area contributed by atoms with Crippen LogP contribution in [0.15, 0.2) is 0 Å². The fourth-order valence-corrected chi connectivity index (χ4v) is 3.14. The van der Waals surface area contributed by atoms with Gasteiger partial charge >= 0.3 is 0 Å². The van der Waals surface area contributed by atoms with Crippen molar-refractivity contribution in [2.75, 3.05) is 13.2 Å². The molecule has 2 atom stereocenters. The van der Waals surface area contributed by atoms with Gasteiger partial charge in [0.1, 0.15) is 0 Å². The molecule has 2 aliphatic rings. The maximum absolute atomic E-state index is 5.76. The Bertz CT molecular complexity index is 209. The minimum atomic E-state index is 0.485. The second-order valence-corrected chi connectivity index (χ2v) is 6.35. The minimum absolute atomic E-state index is 0.485. The summed E-state index contributed by atoms with van der Waals surface area (Å²) in [6.45, 7) is 6.85. The first-order chi connectivity index (χ1) is 7.66. The van der Waals surface area contributed by atoms with E-state index in [9.17, 15) is 0 Å². The van der Waals surface area contributed by atoms with Gasteiger partial charge in [-0.25, -0.2) is 0 Å². The summed E-state index contributed by atoms with van der Waals surface area (Å²) < 4.78 is 5.76. The zero-order chi connectivity index (χ0) is 11.4. The average Bonchev–Trinajstić information content (AvgIpc) is 2.27. The fourth-order valence-electron chi connectivity index (χ4n) is 3.14. The molecule has 1 aliphatic carbocycles. The maximum Gasteiger partial charge on any atom is 0.0699 e. The first-order valence-corrected chi connectivity index (χ1v) is 7.01. The van der Waals surface area contributed by atoms with Crippen LogP contribution in [0, 0.1) is 5.41 Å². The van der Waals surface area contributed by atoms with Gasteiger partial charge in [0, 0.05) is 19.2 Å². The molecule has 2 rings (SSSR count). The van der Waals surface area contributed by atoms with Gasteiger partial charge in [-0.3, -0.25) is 0 Å².